The maximum Gasteiger partial charge on any atom is 0.155 e. The molecule has 120 valence electrons. The van der Waals surface area contributed by atoms with Gasteiger partial charge in [-0.1, -0.05) is 18.2 Å². The zero-order valence-electron chi connectivity index (χ0n) is 13.2. The lowest BCUT2D eigenvalue weighted by Gasteiger charge is -2.38. The van der Waals surface area contributed by atoms with Crippen LogP contribution in [0.15, 0.2) is 30.3 Å². The van der Waals surface area contributed by atoms with Crippen molar-refractivity contribution in [1.82, 2.24) is 4.90 Å². The number of aliphatic hydroxyl groups excluding tert-OH is 1. The average molecular weight is 303 g/mol. The zero-order chi connectivity index (χ0) is 15.8. The van der Waals surface area contributed by atoms with E-state index in [0.29, 0.717) is 13.0 Å². The van der Waals surface area contributed by atoms with Crippen LogP contribution in [0.3, 0.4) is 0 Å². The normalized spacial score (nSPS) is 19.3. The molecule has 1 fully saturated rings. The molecule has 0 radical (unpaired) electrons. The summed E-state index contributed by atoms with van der Waals surface area (Å²) < 4.78 is 5.14. The van der Waals surface area contributed by atoms with Crippen LogP contribution in [0.4, 0.5) is 5.69 Å². The Balaban J connectivity index is 1.82. The highest BCUT2D eigenvalue weighted by Gasteiger charge is 2.34. The summed E-state index contributed by atoms with van der Waals surface area (Å²) in [6, 6.07) is 12.3. The molecule has 5 heteroatoms. The second-order valence-electron chi connectivity index (χ2n) is 5.73. The number of aliphatic hydroxyl groups is 1. The SMILES string of the molecule is CCOC(O)CCN1CCC(C#N)(Nc2ccccc2)CC1. The Bertz CT molecular complexity index is 478. The molecule has 2 rings (SSSR count). The van der Waals surface area contributed by atoms with E-state index in [1.807, 2.05) is 37.3 Å². The molecule has 22 heavy (non-hydrogen) atoms. The molecule has 1 aliphatic rings. The number of anilines is 1. The van der Waals surface area contributed by atoms with Crippen LogP contribution in [0.1, 0.15) is 26.2 Å². The molecular weight excluding hydrogens is 278 g/mol. The Kier molecular flexibility index (Phi) is 6.20. The Morgan fingerprint density at radius 2 is 2.05 bits per heavy atom. The molecule has 5 nitrogen and oxygen atoms in total. The number of piperidine rings is 1. The summed E-state index contributed by atoms with van der Waals surface area (Å²) >= 11 is 0. The van der Waals surface area contributed by atoms with E-state index in [9.17, 15) is 10.4 Å². The number of ether oxygens (including phenoxy) is 1. The molecule has 0 spiro atoms. The molecule has 0 bridgehead atoms. The molecule has 1 atom stereocenters. The van der Waals surface area contributed by atoms with E-state index in [4.69, 9.17) is 4.74 Å². The third-order valence-corrected chi connectivity index (χ3v) is 4.13. The van der Waals surface area contributed by atoms with Gasteiger partial charge in [0.2, 0.25) is 0 Å². The minimum atomic E-state index is -0.685. The molecular formula is C17H25N3O2. The average Bonchev–Trinajstić information content (AvgIpc) is 2.55. The van der Waals surface area contributed by atoms with E-state index in [2.05, 4.69) is 16.3 Å². The van der Waals surface area contributed by atoms with Gasteiger partial charge in [0.15, 0.2) is 6.29 Å². The first-order valence-corrected chi connectivity index (χ1v) is 7.94. The van der Waals surface area contributed by atoms with Gasteiger partial charge in [0, 0.05) is 38.3 Å². The number of nitrogens with zero attached hydrogens (tertiary/aromatic N) is 2. The van der Waals surface area contributed by atoms with Crippen molar-refractivity contribution >= 4 is 5.69 Å². The highest BCUT2D eigenvalue weighted by molar-refractivity contribution is 5.47. The van der Waals surface area contributed by atoms with Crippen LogP contribution < -0.4 is 5.32 Å². The van der Waals surface area contributed by atoms with Gasteiger partial charge in [0.1, 0.15) is 5.54 Å². The fourth-order valence-corrected chi connectivity index (χ4v) is 2.79. The smallest absolute Gasteiger partial charge is 0.155 e. The van der Waals surface area contributed by atoms with Crippen LogP contribution in [0, 0.1) is 11.3 Å². The minimum Gasteiger partial charge on any atom is -0.368 e. The maximum atomic E-state index is 9.61. The zero-order valence-corrected chi connectivity index (χ0v) is 13.2. The summed E-state index contributed by atoms with van der Waals surface area (Å²) in [5, 5.41) is 22.6. The maximum absolute atomic E-state index is 9.61. The summed E-state index contributed by atoms with van der Waals surface area (Å²) in [6.07, 6.45) is 1.49. The lowest BCUT2D eigenvalue weighted by Crippen LogP contribution is -2.48. The topological polar surface area (TPSA) is 68.5 Å². The van der Waals surface area contributed by atoms with Gasteiger partial charge in [0.05, 0.1) is 6.07 Å². The molecule has 0 aliphatic carbocycles. The molecule has 1 heterocycles. The number of likely N-dealkylation sites (tertiary alicyclic amines) is 1. The quantitative estimate of drug-likeness (QED) is 0.756. The molecule has 0 saturated carbocycles. The van der Waals surface area contributed by atoms with Crippen molar-refractivity contribution < 1.29 is 9.84 Å². The predicted molar refractivity (Wildman–Crippen MR) is 86.3 cm³/mol. The van der Waals surface area contributed by atoms with Gasteiger partial charge in [0.25, 0.3) is 0 Å². The fraction of sp³-hybridized carbons (Fsp3) is 0.588. The van der Waals surface area contributed by atoms with Crippen LogP contribution in [0.5, 0.6) is 0 Å². The van der Waals surface area contributed by atoms with Gasteiger partial charge in [-0.3, -0.25) is 0 Å². The summed E-state index contributed by atoms with van der Waals surface area (Å²) in [7, 11) is 0. The second kappa shape index (κ2) is 8.14. The Hall–Kier alpha value is -1.61. The van der Waals surface area contributed by atoms with Crippen LogP contribution in [0.2, 0.25) is 0 Å². The number of para-hydroxylation sites is 1. The van der Waals surface area contributed by atoms with Gasteiger partial charge in [-0.05, 0) is 31.9 Å². The molecule has 1 aromatic carbocycles. The van der Waals surface area contributed by atoms with Gasteiger partial charge in [-0.2, -0.15) is 5.26 Å². The number of benzene rings is 1. The van der Waals surface area contributed by atoms with Crippen molar-refractivity contribution in [2.24, 2.45) is 0 Å². The Labute approximate surface area is 132 Å². The van der Waals surface area contributed by atoms with Gasteiger partial charge >= 0.3 is 0 Å². The number of rotatable bonds is 7. The van der Waals surface area contributed by atoms with E-state index < -0.39 is 11.8 Å². The minimum absolute atomic E-state index is 0.490. The van der Waals surface area contributed by atoms with Crippen LogP contribution in [0.25, 0.3) is 0 Å². The summed E-state index contributed by atoms with van der Waals surface area (Å²) in [5.41, 5.74) is 0.500. The lowest BCUT2D eigenvalue weighted by molar-refractivity contribution is -0.102. The summed E-state index contributed by atoms with van der Waals surface area (Å²) in [4.78, 5) is 2.28. The van der Waals surface area contributed by atoms with Crippen molar-refractivity contribution in [2.75, 3.05) is 31.6 Å². The van der Waals surface area contributed by atoms with E-state index in [1.165, 1.54) is 0 Å². The predicted octanol–water partition coefficient (Wildman–Crippen LogP) is 2.20. The number of nitriles is 1. The van der Waals surface area contributed by atoms with Crippen molar-refractivity contribution in [3.05, 3.63) is 30.3 Å². The van der Waals surface area contributed by atoms with Crippen molar-refractivity contribution in [3.8, 4) is 6.07 Å². The first-order chi connectivity index (χ1) is 10.7. The fourth-order valence-electron chi connectivity index (χ4n) is 2.79. The monoisotopic (exact) mass is 303 g/mol. The molecule has 0 aromatic heterocycles. The van der Waals surface area contributed by atoms with Crippen LogP contribution >= 0.6 is 0 Å². The van der Waals surface area contributed by atoms with Crippen molar-refractivity contribution in [2.45, 2.75) is 38.0 Å². The Morgan fingerprint density at radius 3 is 2.64 bits per heavy atom. The second-order valence-corrected chi connectivity index (χ2v) is 5.73. The van der Waals surface area contributed by atoms with Crippen LogP contribution in [-0.2, 0) is 4.74 Å². The number of hydrogen-bond donors (Lipinski definition) is 2. The largest absolute Gasteiger partial charge is 0.368 e. The third-order valence-electron chi connectivity index (χ3n) is 4.13. The van der Waals surface area contributed by atoms with E-state index in [0.717, 1.165) is 38.2 Å². The van der Waals surface area contributed by atoms with E-state index >= 15 is 0 Å². The molecule has 1 unspecified atom stereocenters. The molecule has 0 amide bonds. The van der Waals surface area contributed by atoms with Gasteiger partial charge < -0.3 is 20.1 Å². The first-order valence-electron chi connectivity index (χ1n) is 7.94. The molecule has 1 aromatic rings. The van der Waals surface area contributed by atoms with Crippen LogP contribution in [-0.4, -0.2) is 48.1 Å². The van der Waals surface area contributed by atoms with Gasteiger partial charge in [-0.25, -0.2) is 0 Å². The highest BCUT2D eigenvalue weighted by Crippen LogP contribution is 2.26. The molecule has 2 N–H and O–H groups in total. The molecule has 1 saturated heterocycles. The lowest BCUT2D eigenvalue weighted by atomic mass is 9.88. The van der Waals surface area contributed by atoms with E-state index in [1.54, 1.807) is 0 Å². The number of nitrogens with one attached hydrogen (secondary N) is 1. The summed E-state index contributed by atoms with van der Waals surface area (Å²) in [6.45, 7) is 4.91. The highest BCUT2D eigenvalue weighted by atomic mass is 16.6. The Morgan fingerprint density at radius 1 is 1.36 bits per heavy atom. The van der Waals surface area contributed by atoms with Crippen molar-refractivity contribution in [1.29, 1.82) is 5.26 Å². The van der Waals surface area contributed by atoms with Gasteiger partial charge in [-0.15, -0.1) is 0 Å². The molecule has 1 aliphatic heterocycles. The van der Waals surface area contributed by atoms with E-state index in [-0.39, 0.29) is 0 Å². The third kappa shape index (κ3) is 4.70. The first kappa shape index (κ1) is 16.8. The number of hydrogen-bond acceptors (Lipinski definition) is 5. The standard InChI is InChI=1S/C17H25N3O2/c1-2-22-16(21)8-11-20-12-9-17(14-18,10-13-20)19-15-6-4-3-5-7-15/h3-7,16,19,21H,2,8-13H2,1H3. The summed E-state index contributed by atoms with van der Waals surface area (Å²) in [5.74, 6) is 0. The van der Waals surface area contributed by atoms with Crippen molar-refractivity contribution in [3.63, 3.8) is 0 Å².